The van der Waals surface area contributed by atoms with Crippen LogP contribution in [0.25, 0.3) is 0 Å². The van der Waals surface area contributed by atoms with E-state index in [1.807, 2.05) is 0 Å². The second-order valence-electron chi connectivity index (χ2n) is 8.05. The zero-order chi connectivity index (χ0) is 12.8. The lowest BCUT2D eigenvalue weighted by molar-refractivity contribution is -0.0759. The van der Waals surface area contributed by atoms with Gasteiger partial charge in [-0.05, 0) is 61.2 Å². The van der Waals surface area contributed by atoms with Crippen molar-refractivity contribution >= 4 is 0 Å². The number of aliphatic hydroxyl groups is 1. The maximum Gasteiger partial charge on any atom is 0.0706 e. The van der Waals surface area contributed by atoms with E-state index in [1.165, 1.54) is 25.7 Å². The minimum absolute atomic E-state index is 0.331. The first kappa shape index (κ1) is 13.4. The minimum Gasteiger partial charge on any atom is -0.389 e. The van der Waals surface area contributed by atoms with Crippen molar-refractivity contribution < 1.29 is 5.11 Å². The predicted octanol–water partition coefficient (Wildman–Crippen LogP) is 4.25. The Morgan fingerprint density at radius 1 is 0.941 bits per heavy atom. The standard InChI is InChI=1S/C16H30O/c1-11-6-12(2)8-14(7-11)16(17)10-15(4,5)9-13(16)3/h11-14,17H,6-10H2,1-5H3. The monoisotopic (exact) mass is 238 g/mol. The third kappa shape index (κ3) is 2.54. The van der Waals surface area contributed by atoms with Gasteiger partial charge in [-0.2, -0.15) is 0 Å². The Kier molecular flexibility index (Phi) is 3.36. The Bertz CT molecular complexity index is 273. The van der Waals surface area contributed by atoms with Crippen LogP contribution in [0.15, 0.2) is 0 Å². The smallest absolute Gasteiger partial charge is 0.0706 e. The lowest BCUT2D eigenvalue weighted by Crippen LogP contribution is -2.44. The highest BCUT2D eigenvalue weighted by molar-refractivity contribution is 5.03. The Balaban J connectivity index is 2.15. The maximum absolute atomic E-state index is 11.2. The second-order valence-corrected chi connectivity index (χ2v) is 8.05. The van der Waals surface area contributed by atoms with Gasteiger partial charge in [0.25, 0.3) is 0 Å². The number of hydrogen-bond donors (Lipinski definition) is 1. The summed E-state index contributed by atoms with van der Waals surface area (Å²) in [5, 5.41) is 11.2. The molecular weight excluding hydrogens is 208 g/mol. The van der Waals surface area contributed by atoms with Gasteiger partial charge in [0.1, 0.15) is 0 Å². The van der Waals surface area contributed by atoms with Crippen LogP contribution in [-0.2, 0) is 0 Å². The molecule has 2 saturated carbocycles. The highest BCUT2D eigenvalue weighted by Gasteiger charge is 2.52. The lowest BCUT2D eigenvalue weighted by Gasteiger charge is -2.43. The summed E-state index contributed by atoms with van der Waals surface area (Å²) in [5.41, 5.74) is -0.0511. The number of rotatable bonds is 1. The topological polar surface area (TPSA) is 20.2 Å². The third-order valence-corrected chi connectivity index (χ3v) is 5.36. The van der Waals surface area contributed by atoms with Gasteiger partial charge in [0.2, 0.25) is 0 Å². The van der Waals surface area contributed by atoms with Crippen molar-refractivity contribution in [2.24, 2.45) is 29.1 Å². The normalized spacial score (nSPS) is 50.5. The fourth-order valence-corrected chi connectivity index (χ4v) is 4.92. The van der Waals surface area contributed by atoms with E-state index in [1.54, 1.807) is 0 Å². The highest BCUT2D eigenvalue weighted by Crippen LogP contribution is 2.54. The van der Waals surface area contributed by atoms with Gasteiger partial charge in [-0.3, -0.25) is 0 Å². The van der Waals surface area contributed by atoms with Crippen LogP contribution in [0.4, 0.5) is 0 Å². The molecule has 17 heavy (non-hydrogen) atoms. The van der Waals surface area contributed by atoms with Crippen molar-refractivity contribution in [1.29, 1.82) is 0 Å². The second kappa shape index (κ2) is 4.26. The van der Waals surface area contributed by atoms with Gasteiger partial charge < -0.3 is 5.11 Å². The van der Waals surface area contributed by atoms with Gasteiger partial charge in [0, 0.05) is 0 Å². The first-order valence-electron chi connectivity index (χ1n) is 7.45. The molecule has 0 bridgehead atoms. The Morgan fingerprint density at radius 3 is 1.88 bits per heavy atom. The van der Waals surface area contributed by atoms with Gasteiger partial charge in [0.05, 0.1) is 5.60 Å². The fourth-order valence-electron chi connectivity index (χ4n) is 4.92. The summed E-state index contributed by atoms with van der Waals surface area (Å²) in [6.45, 7) is 11.6. The fraction of sp³-hybridized carbons (Fsp3) is 1.00. The summed E-state index contributed by atoms with van der Waals surface area (Å²) in [5.74, 6) is 2.60. The zero-order valence-electron chi connectivity index (χ0n) is 12.3. The molecule has 1 heteroatoms. The SMILES string of the molecule is CC1CC(C)CC(C2(O)CC(C)(C)CC2C)C1. The molecule has 4 atom stereocenters. The van der Waals surface area contributed by atoms with Crippen LogP contribution in [0, 0.1) is 29.1 Å². The zero-order valence-corrected chi connectivity index (χ0v) is 12.3. The van der Waals surface area contributed by atoms with Crippen molar-refractivity contribution in [3.8, 4) is 0 Å². The van der Waals surface area contributed by atoms with E-state index in [0.29, 0.717) is 17.3 Å². The average Bonchev–Trinajstić information content (AvgIpc) is 2.34. The van der Waals surface area contributed by atoms with E-state index in [9.17, 15) is 5.11 Å². The first-order valence-corrected chi connectivity index (χ1v) is 7.45. The molecule has 0 aromatic heterocycles. The van der Waals surface area contributed by atoms with E-state index in [-0.39, 0.29) is 5.60 Å². The van der Waals surface area contributed by atoms with E-state index in [4.69, 9.17) is 0 Å². The van der Waals surface area contributed by atoms with Crippen LogP contribution >= 0.6 is 0 Å². The van der Waals surface area contributed by atoms with Crippen molar-refractivity contribution in [3.05, 3.63) is 0 Å². The molecule has 0 amide bonds. The molecule has 0 aliphatic heterocycles. The van der Waals surface area contributed by atoms with E-state index >= 15 is 0 Å². The third-order valence-electron chi connectivity index (χ3n) is 5.36. The molecule has 0 heterocycles. The minimum atomic E-state index is -0.382. The molecule has 1 nitrogen and oxygen atoms in total. The maximum atomic E-state index is 11.2. The van der Waals surface area contributed by atoms with Crippen molar-refractivity contribution in [2.75, 3.05) is 0 Å². The summed E-state index contributed by atoms with van der Waals surface area (Å²) >= 11 is 0. The molecule has 0 aromatic carbocycles. The molecule has 0 spiro atoms. The van der Waals surface area contributed by atoms with E-state index in [2.05, 4.69) is 34.6 Å². The quantitative estimate of drug-likeness (QED) is 0.724. The molecule has 2 aliphatic carbocycles. The molecule has 1 N–H and O–H groups in total. The molecule has 2 rings (SSSR count). The Hall–Kier alpha value is -0.0400. The van der Waals surface area contributed by atoms with Gasteiger partial charge in [-0.15, -0.1) is 0 Å². The van der Waals surface area contributed by atoms with E-state index < -0.39 is 0 Å². The van der Waals surface area contributed by atoms with Crippen molar-refractivity contribution in [1.82, 2.24) is 0 Å². The van der Waals surface area contributed by atoms with Crippen LogP contribution in [0.5, 0.6) is 0 Å². The Labute approximate surface area is 107 Å². The van der Waals surface area contributed by atoms with Crippen LogP contribution in [0.1, 0.15) is 66.7 Å². The van der Waals surface area contributed by atoms with Crippen LogP contribution < -0.4 is 0 Å². The summed E-state index contributed by atoms with van der Waals surface area (Å²) < 4.78 is 0. The highest BCUT2D eigenvalue weighted by atomic mass is 16.3. The largest absolute Gasteiger partial charge is 0.389 e. The molecule has 100 valence electrons. The number of hydrogen-bond acceptors (Lipinski definition) is 1. The molecule has 0 aromatic rings. The Morgan fingerprint density at radius 2 is 1.47 bits per heavy atom. The van der Waals surface area contributed by atoms with Crippen molar-refractivity contribution in [2.45, 2.75) is 72.3 Å². The molecule has 0 saturated heterocycles. The van der Waals surface area contributed by atoms with Crippen LogP contribution in [-0.4, -0.2) is 10.7 Å². The lowest BCUT2D eigenvalue weighted by atomic mass is 9.66. The van der Waals surface area contributed by atoms with Gasteiger partial charge >= 0.3 is 0 Å². The van der Waals surface area contributed by atoms with Gasteiger partial charge in [-0.1, -0.05) is 34.6 Å². The van der Waals surface area contributed by atoms with Gasteiger partial charge in [-0.25, -0.2) is 0 Å². The molecule has 2 aliphatic rings. The summed E-state index contributed by atoms with van der Waals surface area (Å²) in [6, 6.07) is 0. The average molecular weight is 238 g/mol. The molecule has 4 unspecified atom stereocenters. The predicted molar refractivity (Wildman–Crippen MR) is 72.8 cm³/mol. The van der Waals surface area contributed by atoms with Crippen LogP contribution in [0.2, 0.25) is 0 Å². The summed E-state index contributed by atoms with van der Waals surface area (Å²) in [7, 11) is 0. The van der Waals surface area contributed by atoms with Crippen LogP contribution in [0.3, 0.4) is 0 Å². The first-order chi connectivity index (χ1) is 7.73. The summed E-state index contributed by atoms with van der Waals surface area (Å²) in [6.07, 6.45) is 6.01. The van der Waals surface area contributed by atoms with Gasteiger partial charge in [0.15, 0.2) is 0 Å². The summed E-state index contributed by atoms with van der Waals surface area (Å²) in [4.78, 5) is 0. The molecule has 2 fully saturated rings. The molecule has 0 radical (unpaired) electrons. The molecular formula is C16H30O. The van der Waals surface area contributed by atoms with Crippen molar-refractivity contribution in [3.63, 3.8) is 0 Å². The van der Waals surface area contributed by atoms with E-state index in [0.717, 1.165) is 18.3 Å².